The molecular weight excluding hydrogens is 322 g/mol. The zero-order valence-corrected chi connectivity index (χ0v) is 14.2. The van der Waals surface area contributed by atoms with Crippen LogP contribution >= 0.6 is 11.9 Å². The first kappa shape index (κ1) is 15.2. The molecule has 0 saturated heterocycles. The van der Waals surface area contributed by atoms with Crippen molar-refractivity contribution in [3.8, 4) is 5.75 Å². The van der Waals surface area contributed by atoms with Crippen molar-refractivity contribution in [2.24, 2.45) is 0 Å². The van der Waals surface area contributed by atoms with Gasteiger partial charge in [0.15, 0.2) is 0 Å². The molecule has 1 fully saturated rings. The highest BCUT2D eigenvalue weighted by atomic mass is 32.2. The van der Waals surface area contributed by atoms with Crippen molar-refractivity contribution in [1.29, 1.82) is 0 Å². The number of methoxy groups -OCH3 is 1. The zero-order chi connectivity index (χ0) is 16.7. The maximum absolute atomic E-state index is 12.4. The van der Waals surface area contributed by atoms with Crippen LogP contribution in [0.5, 0.6) is 5.75 Å². The van der Waals surface area contributed by atoms with Gasteiger partial charge < -0.3 is 20.5 Å². The molecule has 5 nitrogen and oxygen atoms in total. The maximum atomic E-state index is 12.4. The first-order valence-corrected chi connectivity index (χ1v) is 8.77. The molecule has 0 aromatic heterocycles. The third-order valence-corrected chi connectivity index (χ3v) is 5.83. The Morgan fingerprint density at radius 1 is 1.29 bits per heavy atom. The van der Waals surface area contributed by atoms with E-state index in [2.05, 4.69) is 10.0 Å². The number of anilines is 3. The van der Waals surface area contributed by atoms with Crippen molar-refractivity contribution in [3.05, 3.63) is 42.0 Å². The van der Waals surface area contributed by atoms with E-state index in [1.807, 2.05) is 36.4 Å². The molecule has 1 spiro atoms. The summed E-state index contributed by atoms with van der Waals surface area (Å²) >= 11 is 1.48. The molecule has 2 aromatic rings. The summed E-state index contributed by atoms with van der Waals surface area (Å²) in [7, 11) is 1.66. The van der Waals surface area contributed by atoms with Crippen LogP contribution in [0.25, 0.3) is 0 Å². The quantitative estimate of drug-likeness (QED) is 0.583. The number of carbonyl (C=O) groups excluding carboxylic acids is 1. The Hall–Kier alpha value is -2.34. The van der Waals surface area contributed by atoms with Crippen LogP contribution in [0, 0.1) is 0 Å². The summed E-state index contributed by atoms with van der Waals surface area (Å²) in [6.07, 6.45) is 2.80. The van der Waals surface area contributed by atoms with Gasteiger partial charge in [0.05, 0.1) is 28.8 Å². The number of para-hydroxylation sites is 1. The number of fused-ring (bicyclic) bond motifs is 3. The number of nitrogens with two attached hydrogens (primary N) is 1. The second-order valence-corrected chi connectivity index (χ2v) is 7.08. The van der Waals surface area contributed by atoms with Crippen LogP contribution in [0.1, 0.15) is 24.8 Å². The summed E-state index contributed by atoms with van der Waals surface area (Å²) in [4.78, 5) is 13.4. The fourth-order valence-corrected chi connectivity index (χ4v) is 4.16. The molecule has 2 bridgehead atoms. The minimum absolute atomic E-state index is 0.0804. The summed E-state index contributed by atoms with van der Waals surface area (Å²) < 4.78 is 8.71. The summed E-state index contributed by atoms with van der Waals surface area (Å²) in [6.45, 7) is 0. The number of nitrogen functional groups attached to an aromatic ring is 1. The van der Waals surface area contributed by atoms with Crippen LogP contribution in [-0.2, 0) is 10.2 Å². The summed E-state index contributed by atoms with van der Waals surface area (Å²) in [5, 5.41) is 2.97. The van der Waals surface area contributed by atoms with E-state index in [-0.39, 0.29) is 5.91 Å². The highest BCUT2D eigenvalue weighted by molar-refractivity contribution is 8.00. The van der Waals surface area contributed by atoms with E-state index >= 15 is 0 Å². The standard InChI is InChI=1S/C18H19N3O2S/c1-23-14-5-2-3-6-15(14)24-21-11-9-12-16(19)13(10-11)20-17(22)18(12)7-4-8-18/h2-3,5-6,9-10,21H,4,7-8,19H2,1H3,(H,20,22). The van der Waals surface area contributed by atoms with Crippen molar-refractivity contribution in [1.82, 2.24) is 0 Å². The average molecular weight is 341 g/mol. The van der Waals surface area contributed by atoms with Gasteiger partial charge in [0.25, 0.3) is 0 Å². The molecule has 1 amide bonds. The molecule has 24 heavy (non-hydrogen) atoms. The number of ether oxygens (including phenoxy) is 1. The molecule has 1 saturated carbocycles. The molecule has 1 heterocycles. The Morgan fingerprint density at radius 2 is 2.08 bits per heavy atom. The highest BCUT2D eigenvalue weighted by Gasteiger charge is 2.49. The lowest BCUT2D eigenvalue weighted by Crippen LogP contribution is -2.48. The summed E-state index contributed by atoms with van der Waals surface area (Å²) in [5.74, 6) is 0.902. The number of carbonyl (C=O) groups is 1. The number of nitrogens with one attached hydrogen (secondary N) is 2. The van der Waals surface area contributed by atoms with E-state index in [0.29, 0.717) is 11.4 Å². The average Bonchev–Trinajstić information content (AvgIpc) is 2.54. The second kappa shape index (κ2) is 5.63. The van der Waals surface area contributed by atoms with Crippen LogP contribution in [-0.4, -0.2) is 13.0 Å². The molecule has 4 N–H and O–H groups in total. The molecule has 2 aromatic carbocycles. The van der Waals surface area contributed by atoms with Crippen molar-refractivity contribution in [2.75, 3.05) is 22.9 Å². The van der Waals surface area contributed by atoms with E-state index in [4.69, 9.17) is 10.5 Å². The van der Waals surface area contributed by atoms with Crippen molar-refractivity contribution < 1.29 is 9.53 Å². The van der Waals surface area contributed by atoms with Crippen LogP contribution in [0.3, 0.4) is 0 Å². The van der Waals surface area contributed by atoms with E-state index in [0.717, 1.165) is 41.2 Å². The molecule has 1 aliphatic heterocycles. The van der Waals surface area contributed by atoms with E-state index in [9.17, 15) is 4.79 Å². The van der Waals surface area contributed by atoms with Gasteiger partial charge in [-0.05, 0) is 54.6 Å². The van der Waals surface area contributed by atoms with Gasteiger partial charge in [0.2, 0.25) is 5.91 Å². The van der Waals surface area contributed by atoms with Gasteiger partial charge in [-0.25, -0.2) is 0 Å². The molecule has 0 atom stereocenters. The molecule has 2 aliphatic rings. The Morgan fingerprint density at radius 3 is 2.79 bits per heavy atom. The van der Waals surface area contributed by atoms with Crippen molar-refractivity contribution >= 4 is 34.9 Å². The Balaban J connectivity index is 1.62. The highest BCUT2D eigenvalue weighted by Crippen LogP contribution is 2.52. The first-order chi connectivity index (χ1) is 11.6. The Bertz CT molecular complexity index is 818. The smallest absolute Gasteiger partial charge is 0.235 e. The van der Waals surface area contributed by atoms with Crippen LogP contribution in [0.2, 0.25) is 0 Å². The van der Waals surface area contributed by atoms with E-state index in [1.165, 1.54) is 11.9 Å². The molecular formula is C18H19N3O2S. The molecule has 0 radical (unpaired) electrons. The van der Waals surface area contributed by atoms with Gasteiger partial charge in [-0.3, -0.25) is 4.79 Å². The molecule has 124 valence electrons. The number of hydrogen-bond acceptors (Lipinski definition) is 5. The largest absolute Gasteiger partial charge is 0.496 e. The number of hydrogen-bond donors (Lipinski definition) is 3. The summed E-state index contributed by atoms with van der Waals surface area (Å²) in [5.41, 5.74) is 9.09. The fraction of sp³-hybridized carbons (Fsp3) is 0.278. The van der Waals surface area contributed by atoms with E-state index < -0.39 is 5.41 Å². The molecule has 6 heteroatoms. The van der Waals surface area contributed by atoms with Gasteiger partial charge in [-0.15, -0.1) is 0 Å². The Kier molecular flexibility index (Phi) is 3.57. The normalized spacial score (nSPS) is 17.1. The van der Waals surface area contributed by atoms with Gasteiger partial charge in [-0.1, -0.05) is 18.6 Å². The number of benzene rings is 2. The van der Waals surface area contributed by atoms with Gasteiger partial charge >= 0.3 is 0 Å². The molecule has 0 unspecified atom stereocenters. The van der Waals surface area contributed by atoms with Crippen LogP contribution in [0.4, 0.5) is 17.1 Å². The third kappa shape index (κ3) is 2.21. The Labute approximate surface area is 145 Å². The lowest BCUT2D eigenvalue weighted by molar-refractivity contribution is -0.124. The van der Waals surface area contributed by atoms with E-state index in [1.54, 1.807) is 7.11 Å². The SMILES string of the molecule is COc1ccccc1SNc1cc2c(N)c(c1)C1(CCC1)C(=O)N2. The first-order valence-electron chi connectivity index (χ1n) is 7.95. The zero-order valence-electron chi connectivity index (χ0n) is 13.4. The summed E-state index contributed by atoms with van der Waals surface area (Å²) in [6, 6.07) is 11.7. The van der Waals surface area contributed by atoms with Crippen molar-refractivity contribution in [3.63, 3.8) is 0 Å². The number of rotatable bonds is 4. The monoisotopic (exact) mass is 341 g/mol. The topological polar surface area (TPSA) is 76.4 Å². The minimum Gasteiger partial charge on any atom is -0.496 e. The lowest BCUT2D eigenvalue weighted by Gasteiger charge is -2.44. The second-order valence-electron chi connectivity index (χ2n) is 6.23. The van der Waals surface area contributed by atoms with Gasteiger partial charge in [-0.2, -0.15) is 0 Å². The lowest BCUT2D eigenvalue weighted by atomic mass is 9.62. The number of amides is 1. The minimum atomic E-state index is -0.427. The molecule has 4 rings (SSSR count). The van der Waals surface area contributed by atoms with Crippen LogP contribution in [0.15, 0.2) is 41.3 Å². The van der Waals surface area contributed by atoms with Gasteiger partial charge in [0, 0.05) is 5.69 Å². The predicted molar refractivity (Wildman–Crippen MR) is 97.5 cm³/mol. The molecule has 1 aliphatic carbocycles. The maximum Gasteiger partial charge on any atom is 0.235 e. The fourth-order valence-electron chi connectivity index (χ4n) is 3.42. The third-order valence-electron chi connectivity index (χ3n) is 4.93. The van der Waals surface area contributed by atoms with Crippen molar-refractivity contribution in [2.45, 2.75) is 29.6 Å². The predicted octanol–water partition coefficient (Wildman–Crippen LogP) is 3.77. The van der Waals surface area contributed by atoms with Gasteiger partial charge in [0.1, 0.15) is 5.75 Å². The van der Waals surface area contributed by atoms with Crippen LogP contribution < -0.4 is 20.5 Å².